The van der Waals surface area contributed by atoms with Gasteiger partial charge in [-0.1, -0.05) is 0 Å². The molecular formula is C16H22N6O. The molecule has 0 N–H and O–H groups in total. The predicted molar refractivity (Wildman–Crippen MR) is 87.3 cm³/mol. The lowest BCUT2D eigenvalue weighted by molar-refractivity contribution is 0.235. The first-order valence-corrected chi connectivity index (χ1v) is 7.78. The first kappa shape index (κ1) is 15.6. The van der Waals surface area contributed by atoms with Crippen LogP contribution in [-0.2, 0) is 6.54 Å². The van der Waals surface area contributed by atoms with Crippen LogP contribution in [0.25, 0.3) is 0 Å². The maximum atomic E-state index is 5.30. The molecule has 0 aliphatic carbocycles. The highest BCUT2D eigenvalue weighted by molar-refractivity contribution is 5.35. The minimum atomic E-state index is 0.269. The van der Waals surface area contributed by atoms with E-state index >= 15 is 0 Å². The van der Waals surface area contributed by atoms with Gasteiger partial charge in [0.1, 0.15) is 5.69 Å². The van der Waals surface area contributed by atoms with Crippen LogP contribution < -0.4 is 9.64 Å². The molecule has 1 saturated heterocycles. The van der Waals surface area contributed by atoms with Crippen LogP contribution in [0.1, 0.15) is 30.3 Å². The molecular weight excluding hydrogens is 292 g/mol. The van der Waals surface area contributed by atoms with Gasteiger partial charge in [-0.15, -0.1) is 5.10 Å². The fraction of sp³-hybridized carbons (Fsp3) is 0.500. The van der Waals surface area contributed by atoms with Crippen molar-refractivity contribution in [1.82, 2.24) is 25.1 Å². The number of likely N-dealkylation sites (tertiary alicyclic amines) is 1. The average Bonchev–Trinajstić information content (AvgIpc) is 3.03. The number of hydrogen-bond acceptors (Lipinski definition) is 7. The molecule has 122 valence electrons. The lowest BCUT2D eigenvalue weighted by atomic mass is 10.1. The number of rotatable bonds is 5. The Labute approximate surface area is 136 Å². The second-order valence-electron chi connectivity index (χ2n) is 5.85. The number of hydrogen-bond donors (Lipinski definition) is 0. The van der Waals surface area contributed by atoms with Gasteiger partial charge in [-0.25, -0.2) is 4.98 Å². The van der Waals surface area contributed by atoms with E-state index in [4.69, 9.17) is 4.74 Å². The van der Waals surface area contributed by atoms with Crippen LogP contribution in [0.5, 0.6) is 5.88 Å². The molecule has 0 radical (unpaired) electrons. The predicted octanol–water partition coefficient (Wildman–Crippen LogP) is 1.68. The molecule has 0 bridgehead atoms. The molecule has 7 heteroatoms. The summed E-state index contributed by atoms with van der Waals surface area (Å²) in [5, 5.41) is 8.71. The highest BCUT2D eigenvalue weighted by atomic mass is 16.5. The Bertz CT molecular complexity index is 645. The second-order valence-corrected chi connectivity index (χ2v) is 5.85. The molecule has 0 aromatic carbocycles. The number of nitrogens with zero attached hydrogens (tertiary/aromatic N) is 6. The summed E-state index contributed by atoms with van der Waals surface area (Å²) in [5.74, 6) is 1.46. The van der Waals surface area contributed by atoms with E-state index in [-0.39, 0.29) is 6.04 Å². The first-order chi connectivity index (χ1) is 11.2. The zero-order valence-electron chi connectivity index (χ0n) is 13.8. The minimum absolute atomic E-state index is 0.269. The van der Waals surface area contributed by atoms with Gasteiger partial charge in [-0.05, 0) is 31.5 Å². The van der Waals surface area contributed by atoms with Gasteiger partial charge in [0, 0.05) is 33.0 Å². The first-order valence-electron chi connectivity index (χ1n) is 7.78. The third kappa shape index (κ3) is 3.39. The van der Waals surface area contributed by atoms with Gasteiger partial charge in [0.2, 0.25) is 5.88 Å². The molecule has 0 amide bonds. The van der Waals surface area contributed by atoms with Crippen LogP contribution in [0.2, 0.25) is 0 Å². The molecule has 1 aliphatic heterocycles. The van der Waals surface area contributed by atoms with Gasteiger partial charge < -0.3 is 9.64 Å². The maximum absolute atomic E-state index is 5.30. The van der Waals surface area contributed by atoms with Gasteiger partial charge >= 0.3 is 0 Å². The van der Waals surface area contributed by atoms with Gasteiger partial charge in [0.25, 0.3) is 0 Å². The van der Waals surface area contributed by atoms with Gasteiger partial charge in [-0.2, -0.15) is 5.10 Å². The van der Waals surface area contributed by atoms with E-state index in [2.05, 4.69) is 31.1 Å². The van der Waals surface area contributed by atoms with Crippen molar-refractivity contribution in [2.45, 2.75) is 25.4 Å². The molecule has 0 saturated carbocycles. The molecule has 1 atom stereocenters. The molecule has 1 fully saturated rings. The normalized spacial score (nSPS) is 18.1. The number of aromatic nitrogens is 4. The van der Waals surface area contributed by atoms with E-state index in [0.29, 0.717) is 12.4 Å². The molecule has 3 rings (SSSR count). The Hall–Kier alpha value is -2.28. The fourth-order valence-electron chi connectivity index (χ4n) is 2.93. The molecule has 1 aliphatic rings. The summed E-state index contributed by atoms with van der Waals surface area (Å²) < 4.78 is 5.30. The second kappa shape index (κ2) is 6.87. The Kier molecular flexibility index (Phi) is 4.66. The van der Waals surface area contributed by atoms with E-state index in [0.717, 1.165) is 36.6 Å². The topological polar surface area (TPSA) is 67.3 Å². The van der Waals surface area contributed by atoms with Crippen LogP contribution in [0.4, 0.5) is 5.82 Å². The van der Waals surface area contributed by atoms with Crippen molar-refractivity contribution in [1.29, 1.82) is 0 Å². The van der Waals surface area contributed by atoms with Gasteiger partial charge in [0.15, 0.2) is 5.82 Å². The van der Waals surface area contributed by atoms with Crippen LogP contribution in [0.3, 0.4) is 0 Å². The smallest absolute Gasteiger partial charge is 0.236 e. The van der Waals surface area contributed by atoms with Crippen molar-refractivity contribution >= 4 is 5.82 Å². The van der Waals surface area contributed by atoms with E-state index in [1.807, 2.05) is 25.1 Å². The largest absolute Gasteiger partial charge is 0.480 e. The van der Waals surface area contributed by atoms with Crippen molar-refractivity contribution in [3.8, 4) is 5.88 Å². The lowest BCUT2D eigenvalue weighted by Crippen LogP contribution is -2.25. The Morgan fingerprint density at radius 1 is 1.22 bits per heavy atom. The Morgan fingerprint density at radius 2 is 2.04 bits per heavy atom. The van der Waals surface area contributed by atoms with E-state index in [1.165, 1.54) is 0 Å². The standard InChI is InChI=1S/C16H22N6O/c1-21(2)15-7-6-12(19-20-15)14-5-4-10-22(14)11-13-16(23-3)18-9-8-17-13/h6-9,14H,4-5,10-11H2,1-3H3. The van der Waals surface area contributed by atoms with Crippen molar-refractivity contribution in [2.75, 3.05) is 32.6 Å². The van der Waals surface area contributed by atoms with Gasteiger partial charge in [0.05, 0.1) is 18.8 Å². The summed E-state index contributed by atoms with van der Waals surface area (Å²) in [6, 6.07) is 4.35. The van der Waals surface area contributed by atoms with E-state index < -0.39 is 0 Å². The molecule has 1 unspecified atom stereocenters. The number of methoxy groups -OCH3 is 1. The zero-order chi connectivity index (χ0) is 16.2. The number of ether oxygens (including phenoxy) is 1. The summed E-state index contributed by atoms with van der Waals surface area (Å²) in [6.07, 6.45) is 5.58. The highest BCUT2D eigenvalue weighted by Crippen LogP contribution is 2.32. The van der Waals surface area contributed by atoms with Crippen molar-refractivity contribution in [3.05, 3.63) is 35.9 Å². The monoisotopic (exact) mass is 314 g/mol. The van der Waals surface area contributed by atoms with E-state index in [9.17, 15) is 0 Å². The van der Waals surface area contributed by atoms with Crippen LogP contribution >= 0.6 is 0 Å². The summed E-state index contributed by atoms with van der Waals surface area (Å²) in [7, 11) is 5.55. The van der Waals surface area contributed by atoms with Gasteiger partial charge in [-0.3, -0.25) is 9.88 Å². The quantitative estimate of drug-likeness (QED) is 0.831. The molecule has 7 nitrogen and oxygen atoms in total. The lowest BCUT2D eigenvalue weighted by Gasteiger charge is -2.24. The van der Waals surface area contributed by atoms with Crippen LogP contribution in [0.15, 0.2) is 24.5 Å². The molecule has 0 spiro atoms. The molecule has 23 heavy (non-hydrogen) atoms. The minimum Gasteiger partial charge on any atom is -0.480 e. The average molecular weight is 314 g/mol. The summed E-state index contributed by atoms with van der Waals surface area (Å²) >= 11 is 0. The SMILES string of the molecule is COc1nccnc1CN1CCCC1c1ccc(N(C)C)nn1. The Balaban J connectivity index is 1.77. The molecule has 3 heterocycles. The third-order valence-electron chi connectivity index (χ3n) is 4.12. The summed E-state index contributed by atoms with van der Waals surface area (Å²) in [6.45, 7) is 1.72. The summed E-state index contributed by atoms with van der Waals surface area (Å²) in [4.78, 5) is 12.9. The molecule has 2 aromatic rings. The van der Waals surface area contributed by atoms with Crippen molar-refractivity contribution in [2.24, 2.45) is 0 Å². The maximum Gasteiger partial charge on any atom is 0.236 e. The fourth-order valence-corrected chi connectivity index (χ4v) is 2.93. The van der Waals surface area contributed by atoms with Crippen LogP contribution in [-0.4, -0.2) is 52.8 Å². The van der Waals surface area contributed by atoms with Crippen LogP contribution in [0, 0.1) is 0 Å². The van der Waals surface area contributed by atoms with E-state index in [1.54, 1.807) is 19.5 Å². The summed E-state index contributed by atoms with van der Waals surface area (Å²) in [5.41, 5.74) is 1.87. The van der Waals surface area contributed by atoms with Crippen molar-refractivity contribution in [3.63, 3.8) is 0 Å². The Morgan fingerprint density at radius 3 is 2.74 bits per heavy atom. The highest BCUT2D eigenvalue weighted by Gasteiger charge is 2.28. The zero-order valence-corrected chi connectivity index (χ0v) is 13.8. The molecule has 2 aromatic heterocycles. The third-order valence-corrected chi connectivity index (χ3v) is 4.12. The number of anilines is 1. The van der Waals surface area contributed by atoms with Crippen molar-refractivity contribution < 1.29 is 4.74 Å².